The van der Waals surface area contributed by atoms with Gasteiger partial charge in [0.05, 0.1) is 0 Å². The minimum Gasteiger partial charge on any atom is -0.475 e. The summed E-state index contributed by atoms with van der Waals surface area (Å²) >= 11 is 3.24. The molecule has 0 amide bonds. The summed E-state index contributed by atoms with van der Waals surface area (Å²) < 4.78 is 5.23. The molecule has 0 spiro atoms. The van der Waals surface area contributed by atoms with Crippen LogP contribution in [-0.4, -0.2) is 21.2 Å². The van der Waals surface area contributed by atoms with E-state index < -0.39 is 5.97 Å². The molecule has 2 heterocycles. The van der Waals surface area contributed by atoms with Gasteiger partial charge >= 0.3 is 5.97 Å². The molecule has 2 aromatic heterocycles. The molecule has 0 saturated carbocycles. The van der Waals surface area contributed by atoms with Crippen molar-refractivity contribution in [3.05, 3.63) is 34.8 Å². The lowest BCUT2D eigenvalue weighted by Gasteiger charge is -1.96. The average Bonchev–Trinajstić information content (AvgIpc) is 2.67. The summed E-state index contributed by atoms with van der Waals surface area (Å²) in [4.78, 5) is 14.6. The molecule has 0 aliphatic carbocycles. The van der Waals surface area contributed by atoms with Gasteiger partial charge in [0, 0.05) is 17.8 Å². The number of carboxylic acid groups (broad SMARTS) is 1. The van der Waals surface area contributed by atoms with E-state index in [-0.39, 0.29) is 5.76 Å². The zero-order chi connectivity index (χ0) is 10.8. The molecule has 6 heteroatoms. The van der Waals surface area contributed by atoms with Gasteiger partial charge < -0.3 is 9.63 Å². The summed E-state index contributed by atoms with van der Waals surface area (Å²) in [6.45, 7) is 0. The molecule has 1 N–H and O–H groups in total. The van der Waals surface area contributed by atoms with Gasteiger partial charge in [-0.05, 0) is 28.1 Å². The first-order valence-corrected chi connectivity index (χ1v) is 4.78. The maximum absolute atomic E-state index is 10.6. The van der Waals surface area contributed by atoms with Gasteiger partial charge in [0.15, 0.2) is 0 Å². The molecule has 0 aliphatic rings. The molecule has 76 valence electrons. The molecule has 15 heavy (non-hydrogen) atoms. The number of hydrogen-bond acceptors (Lipinski definition) is 4. The van der Waals surface area contributed by atoms with Crippen LogP contribution in [0.1, 0.15) is 10.6 Å². The van der Waals surface area contributed by atoms with Crippen molar-refractivity contribution in [1.82, 2.24) is 10.1 Å². The predicted octanol–water partition coefficient (Wildman–Crippen LogP) is 2.20. The van der Waals surface area contributed by atoms with Crippen LogP contribution in [0.2, 0.25) is 0 Å². The van der Waals surface area contributed by atoms with Gasteiger partial charge in [-0.3, -0.25) is 0 Å². The van der Waals surface area contributed by atoms with Crippen LogP contribution in [0.3, 0.4) is 0 Å². The fraction of sp³-hybridized carbons (Fsp3) is 0. The molecule has 0 fully saturated rings. The van der Waals surface area contributed by atoms with Crippen LogP contribution in [0.4, 0.5) is 0 Å². The summed E-state index contributed by atoms with van der Waals surface area (Å²) in [7, 11) is 0. The maximum atomic E-state index is 10.6. The first-order valence-electron chi connectivity index (χ1n) is 3.99. The number of hydrogen-bond donors (Lipinski definition) is 1. The quantitative estimate of drug-likeness (QED) is 0.845. The van der Waals surface area contributed by atoms with Crippen LogP contribution in [-0.2, 0) is 0 Å². The number of halogens is 1. The van der Waals surface area contributed by atoms with Crippen LogP contribution in [0.15, 0.2) is 33.5 Å². The van der Waals surface area contributed by atoms with Gasteiger partial charge in [-0.2, -0.15) is 0 Å². The topological polar surface area (TPSA) is 76.2 Å². The monoisotopic (exact) mass is 268 g/mol. The highest BCUT2D eigenvalue weighted by Crippen LogP contribution is 2.25. The Hall–Kier alpha value is -1.69. The number of aromatic carboxylic acids is 1. The Bertz CT molecular complexity index is 510. The number of nitrogens with zero attached hydrogens (tertiary/aromatic N) is 2. The third kappa shape index (κ3) is 1.89. The van der Waals surface area contributed by atoms with Gasteiger partial charge in [-0.25, -0.2) is 9.78 Å². The van der Waals surface area contributed by atoms with Crippen LogP contribution in [0, 0.1) is 0 Å². The zero-order valence-corrected chi connectivity index (χ0v) is 8.93. The number of pyridine rings is 1. The van der Waals surface area contributed by atoms with E-state index in [1.807, 2.05) is 0 Å². The van der Waals surface area contributed by atoms with Crippen molar-refractivity contribution in [3.63, 3.8) is 0 Å². The van der Waals surface area contributed by atoms with E-state index in [4.69, 9.17) is 5.11 Å². The molecule has 0 aliphatic heterocycles. The van der Waals surface area contributed by atoms with E-state index in [1.54, 1.807) is 18.3 Å². The summed E-state index contributed by atoms with van der Waals surface area (Å²) in [5.41, 5.74) is 1.13. The maximum Gasteiger partial charge on any atom is 0.374 e. The molecule has 0 bridgehead atoms. The lowest BCUT2D eigenvalue weighted by molar-refractivity contribution is 0.0652. The van der Waals surface area contributed by atoms with Crippen molar-refractivity contribution < 1.29 is 14.4 Å². The summed E-state index contributed by atoms with van der Waals surface area (Å²) in [6, 6.07) is 4.85. The zero-order valence-electron chi connectivity index (χ0n) is 7.35. The molecule has 5 nitrogen and oxygen atoms in total. The molecular weight excluding hydrogens is 264 g/mol. The van der Waals surface area contributed by atoms with Gasteiger partial charge in [0.25, 0.3) is 0 Å². The lowest BCUT2D eigenvalue weighted by atomic mass is 10.2. The second kappa shape index (κ2) is 3.82. The van der Waals surface area contributed by atoms with Gasteiger partial charge in [-0.1, -0.05) is 5.16 Å². The van der Waals surface area contributed by atoms with Crippen molar-refractivity contribution >= 4 is 21.9 Å². The second-order valence-electron chi connectivity index (χ2n) is 2.72. The highest BCUT2D eigenvalue weighted by Gasteiger charge is 2.14. The van der Waals surface area contributed by atoms with Gasteiger partial charge in [-0.15, -0.1) is 0 Å². The van der Waals surface area contributed by atoms with E-state index in [0.29, 0.717) is 15.9 Å². The molecule has 0 saturated heterocycles. The minimum atomic E-state index is -1.14. The van der Waals surface area contributed by atoms with Crippen molar-refractivity contribution in [2.45, 2.75) is 0 Å². The first-order chi connectivity index (χ1) is 7.18. The Morgan fingerprint density at radius 1 is 1.53 bits per heavy atom. The minimum absolute atomic E-state index is 0.194. The van der Waals surface area contributed by atoms with E-state index in [1.165, 1.54) is 6.07 Å². The number of carboxylic acids is 1. The Labute approximate surface area is 92.9 Å². The molecule has 0 aromatic carbocycles. The third-order valence-corrected chi connectivity index (χ3v) is 2.39. The SMILES string of the molecule is O=C(O)c1cc(-c2cccnc2Br)no1. The predicted molar refractivity (Wildman–Crippen MR) is 54.4 cm³/mol. The standard InChI is InChI=1S/C9H5BrN2O3/c10-8-5(2-1-3-11-8)6-4-7(9(13)14)15-12-6/h1-4H,(H,13,14). The van der Waals surface area contributed by atoms with Crippen molar-refractivity contribution in [2.24, 2.45) is 0 Å². The number of carbonyl (C=O) groups is 1. The first kappa shape index (κ1) is 9.85. The fourth-order valence-electron chi connectivity index (χ4n) is 1.08. The van der Waals surface area contributed by atoms with E-state index in [0.717, 1.165) is 0 Å². The summed E-state index contributed by atoms with van der Waals surface area (Å²) in [6.07, 6.45) is 1.62. The highest BCUT2D eigenvalue weighted by molar-refractivity contribution is 9.10. The Morgan fingerprint density at radius 3 is 2.93 bits per heavy atom. The van der Waals surface area contributed by atoms with Crippen molar-refractivity contribution in [2.75, 3.05) is 0 Å². The van der Waals surface area contributed by atoms with Crippen LogP contribution < -0.4 is 0 Å². The molecule has 2 rings (SSSR count). The van der Waals surface area contributed by atoms with E-state index in [9.17, 15) is 4.79 Å². The van der Waals surface area contributed by atoms with Crippen LogP contribution in [0.5, 0.6) is 0 Å². The highest BCUT2D eigenvalue weighted by atomic mass is 79.9. The Kier molecular flexibility index (Phi) is 2.51. The Morgan fingerprint density at radius 2 is 2.33 bits per heavy atom. The molecule has 2 aromatic rings. The summed E-state index contributed by atoms with van der Waals surface area (Å²) in [5, 5.41) is 12.3. The normalized spacial score (nSPS) is 10.2. The fourth-order valence-corrected chi connectivity index (χ4v) is 1.53. The molecule has 0 radical (unpaired) electrons. The average molecular weight is 269 g/mol. The second-order valence-corrected chi connectivity index (χ2v) is 3.47. The lowest BCUT2D eigenvalue weighted by Crippen LogP contribution is -1.91. The van der Waals surface area contributed by atoms with Crippen molar-refractivity contribution in [3.8, 4) is 11.3 Å². The van der Waals surface area contributed by atoms with Crippen LogP contribution >= 0.6 is 15.9 Å². The smallest absolute Gasteiger partial charge is 0.374 e. The molecule has 0 atom stereocenters. The largest absolute Gasteiger partial charge is 0.475 e. The van der Waals surface area contributed by atoms with Gasteiger partial charge in [0.2, 0.25) is 5.76 Å². The molecule has 0 unspecified atom stereocenters. The summed E-state index contributed by atoms with van der Waals surface area (Å²) in [5.74, 6) is -1.34. The number of rotatable bonds is 2. The number of aromatic nitrogens is 2. The van der Waals surface area contributed by atoms with E-state index in [2.05, 4.69) is 30.6 Å². The van der Waals surface area contributed by atoms with Gasteiger partial charge in [0.1, 0.15) is 10.3 Å². The molecular formula is C9H5BrN2O3. The van der Waals surface area contributed by atoms with E-state index >= 15 is 0 Å². The van der Waals surface area contributed by atoms with Crippen LogP contribution in [0.25, 0.3) is 11.3 Å². The third-order valence-electron chi connectivity index (χ3n) is 1.76. The Balaban J connectivity index is 2.46. The van der Waals surface area contributed by atoms with Crippen molar-refractivity contribution in [1.29, 1.82) is 0 Å².